The number of benzene rings is 2. The lowest BCUT2D eigenvalue weighted by Gasteiger charge is -2.21. The molecule has 3 rings (SSSR count). The van der Waals surface area contributed by atoms with Crippen LogP contribution >= 0.6 is 0 Å². The summed E-state index contributed by atoms with van der Waals surface area (Å²) >= 11 is 0. The third-order valence-corrected chi connectivity index (χ3v) is 3.89. The van der Waals surface area contributed by atoms with Crippen LogP contribution in [-0.2, 0) is 11.2 Å². The molecule has 2 aromatic carbocycles. The summed E-state index contributed by atoms with van der Waals surface area (Å²) in [4.78, 5) is 11.4. The van der Waals surface area contributed by atoms with Crippen molar-refractivity contribution in [1.82, 2.24) is 0 Å². The first-order valence-corrected chi connectivity index (χ1v) is 6.99. The highest BCUT2D eigenvalue weighted by molar-refractivity contribution is 5.93. The first-order chi connectivity index (χ1) is 10.0. The van der Waals surface area contributed by atoms with Gasteiger partial charge in [-0.1, -0.05) is 29.8 Å². The molecule has 2 aromatic rings. The van der Waals surface area contributed by atoms with Crippen molar-refractivity contribution in [3.05, 3.63) is 64.5 Å². The van der Waals surface area contributed by atoms with E-state index in [0.717, 1.165) is 16.7 Å². The predicted octanol–water partition coefficient (Wildman–Crippen LogP) is 3.07. The Morgan fingerprint density at radius 2 is 1.90 bits per heavy atom. The fraction of sp³-hybridized carbons (Fsp3) is 0.235. The van der Waals surface area contributed by atoms with E-state index in [1.807, 2.05) is 31.2 Å². The van der Waals surface area contributed by atoms with Crippen LogP contribution < -0.4 is 11.1 Å². The lowest BCUT2D eigenvalue weighted by atomic mass is 9.93. The van der Waals surface area contributed by atoms with Crippen molar-refractivity contribution in [1.29, 1.82) is 0 Å². The number of amides is 1. The summed E-state index contributed by atoms with van der Waals surface area (Å²) in [5.41, 5.74) is 10.2. The number of anilines is 1. The summed E-state index contributed by atoms with van der Waals surface area (Å²) in [7, 11) is 0. The summed E-state index contributed by atoms with van der Waals surface area (Å²) in [6, 6.07) is 10.4. The van der Waals surface area contributed by atoms with E-state index in [4.69, 9.17) is 5.73 Å². The van der Waals surface area contributed by atoms with Gasteiger partial charge in [0.25, 0.3) is 0 Å². The van der Waals surface area contributed by atoms with Gasteiger partial charge in [-0.25, -0.2) is 4.39 Å². The van der Waals surface area contributed by atoms with E-state index < -0.39 is 6.04 Å². The van der Waals surface area contributed by atoms with Gasteiger partial charge in [-0.3, -0.25) is 4.79 Å². The summed E-state index contributed by atoms with van der Waals surface area (Å²) in [5.74, 6) is -0.457. The average Bonchev–Trinajstić information content (AvgIpc) is 2.46. The molecule has 0 aromatic heterocycles. The summed E-state index contributed by atoms with van der Waals surface area (Å²) in [6.07, 6.45) is 1.05. The quantitative estimate of drug-likeness (QED) is 0.890. The van der Waals surface area contributed by atoms with E-state index in [9.17, 15) is 9.18 Å². The number of carbonyl (C=O) groups is 1. The molecule has 0 spiro atoms. The Balaban J connectivity index is 1.98. The predicted molar refractivity (Wildman–Crippen MR) is 80.6 cm³/mol. The molecular formula is C17H17FN2O. The summed E-state index contributed by atoms with van der Waals surface area (Å²) < 4.78 is 14.3. The number of nitrogens with one attached hydrogen (secondary N) is 1. The van der Waals surface area contributed by atoms with Crippen LogP contribution in [-0.4, -0.2) is 5.91 Å². The molecule has 1 aliphatic heterocycles. The van der Waals surface area contributed by atoms with Crippen LogP contribution in [0, 0.1) is 12.7 Å². The number of aryl methyl sites for hydroxylation is 2. The van der Waals surface area contributed by atoms with Crippen molar-refractivity contribution in [3.63, 3.8) is 0 Å². The highest BCUT2D eigenvalue weighted by atomic mass is 19.1. The number of hydrogen-bond acceptors (Lipinski definition) is 2. The third-order valence-electron chi connectivity index (χ3n) is 3.89. The van der Waals surface area contributed by atoms with Crippen molar-refractivity contribution < 1.29 is 9.18 Å². The first kappa shape index (κ1) is 13.8. The van der Waals surface area contributed by atoms with Gasteiger partial charge in [0.2, 0.25) is 5.91 Å². The van der Waals surface area contributed by atoms with Crippen LogP contribution in [0.2, 0.25) is 0 Å². The average molecular weight is 284 g/mol. The monoisotopic (exact) mass is 284 g/mol. The Bertz CT molecular complexity index is 695. The van der Waals surface area contributed by atoms with Crippen LogP contribution in [0.5, 0.6) is 0 Å². The molecule has 0 fully saturated rings. The first-order valence-electron chi connectivity index (χ1n) is 6.99. The van der Waals surface area contributed by atoms with Gasteiger partial charge in [0.1, 0.15) is 5.82 Å². The molecule has 4 heteroatoms. The maximum Gasteiger partial charge on any atom is 0.224 e. The number of carbonyl (C=O) groups excluding carboxylic acids is 1. The van der Waals surface area contributed by atoms with E-state index in [1.165, 1.54) is 6.07 Å². The van der Waals surface area contributed by atoms with Crippen LogP contribution in [0.1, 0.15) is 34.7 Å². The standard InChI is InChI=1S/C17H17FN2O/c1-10-2-4-11(5-3-10)17(19)13-8-12-6-7-16(21)20-15(12)9-14(13)18/h2-5,8-9,17H,6-7,19H2,1H3,(H,20,21). The molecular weight excluding hydrogens is 267 g/mol. The Morgan fingerprint density at radius 1 is 1.19 bits per heavy atom. The SMILES string of the molecule is Cc1ccc(C(N)c2cc3c(cc2F)NC(=O)CC3)cc1. The van der Waals surface area contributed by atoms with Crippen LogP contribution in [0.3, 0.4) is 0 Å². The molecule has 0 radical (unpaired) electrons. The highest BCUT2D eigenvalue weighted by Crippen LogP contribution is 2.30. The van der Waals surface area contributed by atoms with Crippen LogP contribution in [0.15, 0.2) is 36.4 Å². The van der Waals surface area contributed by atoms with Crippen molar-refractivity contribution in [2.75, 3.05) is 5.32 Å². The van der Waals surface area contributed by atoms with Crippen molar-refractivity contribution >= 4 is 11.6 Å². The van der Waals surface area contributed by atoms with Gasteiger partial charge in [-0.15, -0.1) is 0 Å². The van der Waals surface area contributed by atoms with E-state index >= 15 is 0 Å². The zero-order chi connectivity index (χ0) is 15.0. The zero-order valence-electron chi connectivity index (χ0n) is 11.8. The smallest absolute Gasteiger partial charge is 0.224 e. The Hall–Kier alpha value is -2.20. The molecule has 3 nitrogen and oxygen atoms in total. The molecule has 108 valence electrons. The third kappa shape index (κ3) is 2.67. The molecule has 1 unspecified atom stereocenters. The minimum atomic E-state index is -0.506. The largest absolute Gasteiger partial charge is 0.326 e. The van der Waals surface area contributed by atoms with E-state index in [-0.39, 0.29) is 11.7 Å². The number of hydrogen-bond donors (Lipinski definition) is 2. The van der Waals surface area contributed by atoms with Gasteiger partial charge in [0.05, 0.1) is 6.04 Å². The normalized spacial score (nSPS) is 15.3. The molecule has 1 heterocycles. The zero-order valence-corrected chi connectivity index (χ0v) is 11.8. The minimum absolute atomic E-state index is 0.0718. The second-order valence-electron chi connectivity index (χ2n) is 5.47. The molecule has 0 aliphatic carbocycles. The van der Waals surface area contributed by atoms with Gasteiger partial charge < -0.3 is 11.1 Å². The lowest BCUT2D eigenvalue weighted by molar-refractivity contribution is -0.116. The number of fused-ring (bicyclic) bond motifs is 1. The van der Waals surface area contributed by atoms with Gasteiger partial charge in [0.15, 0.2) is 0 Å². The molecule has 1 aliphatic rings. The van der Waals surface area contributed by atoms with Gasteiger partial charge in [-0.2, -0.15) is 0 Å². The summed E-state index contributed by atoms with van der Waals surface area (Å²) in [5, 5.41) is 2.69. The minimum Gasteiger partial charge on any atom is -0.326 e. The molecule has 0 saturated heterocycles. The van der Waals surface area contributed by atoms with Gasteiger partial charge in [-0.05, 0) is 36.6 Å². The second-order valence-corrected chi connectivity index (χ2v) is 5.47. The Labute approximate surface area is 123 Å². The molecule has 1 amide bonds. The maximum absolute atomic E-state index is 14.3. The molecule has 0 saturated carbocycles. The lowest BCUT2D eigenvalue weighted by Crippen LogP contribution is -2.21. The van der Waals surface area contributed by atoms with Crippen LogP contribution in [0.25, 0.3) is 0 Å². The number of rotatable bonds is 2. The number of halogens is 1. The topological polar surface area (TPSA) is 55.1 Å². The van der Waals surface area contributed by atoms with Crippen molar-refractivity contribution in [2.45, 2.75) is 25.8 Å². The van der Waals surface area contributed by atoms with E-state index in [1.54, 1.807) is 6.07 Å². The fourth-order valence-electron chi connectivity index (χ4n) is 2.61. The van der Waals surface area contributed by atoms with Crippen molar-refractivity contribution in [3.8, 4) is 0 Å². The number of nitrogens with two attached hydrogens (primary N) is 1. The molecule has 21 heavy (non-hydrogen) atoms. The van der Waals surface area contributed by atoms with Crippen LogP contribution in [0.4, 0.5) is 10.1 Å². The van der Waals surface area contributed by atoms with Crippen molar-refractivity contribution in [2.24, 2.45) is 5.73 Å². The molecule has 3 N–H and O–H groups in total. The molecule has 0 bridgehead atoms. The Kier molecular flexibility index (Phi) is 3.47. The Morgan fingerprint density at radius 3 is 2.62 bits per heavy atom. The highest BCUT2D eigenvalue weighted by Gasteiger charge is 2.20. The summed E-state index contributed by atoms with van der Waals surface area (Å²) in [6.45, 7) is 2.00. The van der Waals surface area contributed by atoms with E-state index in [0.29, 0.717) is 24.1 Å². The molecule has 1 atom stereocenters. The van der Waals surface area contributed by atoms with E-state index in [2.05, 4.69) is 5.32 Å². The van der Waals surface area contributed by atoms with Gasteiger partial charge >= 0.3 is 0 Å². The maximum atomic E-state index is 14.3. The fourth-order valence-corrected chi connectivity index (χ4v) is 2.61. The second kappa shape index (κ2) is 5.30. The van der Waals surface area contributed by atoms with Gasteiger partial charge in [0, 0.05) is 17.7 Å².